The molecular weight excluding hydrogens is 317 g/mol. The van der Waals surface area contributed by atoms with Gasteiger partial charge >= 0.3 is 0 Å². The second-order valence-electron chi connectivity index (χ2n) is 5.29. The maximum absolute atomic E-state index is 14.2. The van der Waals surface area contributed by atoms with Gasteiger partial charge in [0.15, 0.2) is 5.82 Å². The van der Waals surface area contributed by atoms with Crippen LogP contribution in [0.15, 0.2) is 30.5 Å². The Kier molecular flexibility index (Phi) is 4.11. The fourth-order valence-corrected chi connectivity index (χ4v) is 2.55. The topological polar surface area (TPSA) is 76.7 Å². The zero-order valence-corrected chi connectivity index (χ0v) is 13.4. The molecule has 3 rings (SSSR count). The summed E-state index contributed by atoms with van der Waals surface area (Å²) in [6, 6.07) is 6.77. The second-order valence-corrected chi connectivity index (χ2v) is 5.67. The number of halogens is 2. The maximum atomic E-state index is 14.2. The summed E-state index contributed by atoms with van der Waals surface area (Å²) in [4.78, 5) is 4.05. The van der Waals surface area contributed by atoms with Gasteiger partial charge < -0.3 is 11.1 Å². The summed E-state index contributed by atoms with van der Waals surface area (Å²) in [6.45, 7) is 3.52. The summed E-state index contributed by atoms with van der Waals surface area (Å²) in [7, 11) is 0. The van der Waals surface area contributed by atoms with Crippen LogP contribution in [0.1, 0.15) is 23.0 Å². The molecule has 0 amide bonds. The highest BCUT2D eigenvalue weighted by Crippen LogP contribution is 2.27. The van der Waals surface area contributed by atoms with Gasteiger partial charge in [-0.05, 0) is 25.5 Å². The van der Waals surface area contributed by atoms with Crippen molar-refractivity contribution in [1.29, 1.82) is 0 Å². The van der Waals surface area contributed by atoms with E-state index in [-0.39, 0.29) is 5.82 Å². The molecule has 5 nitrogen and oxygen atoms in total. The maximum Gasteiger partial charge on any atom is 0.158 e. The van der Waals surface area contributed by atoms with Crippen LogP contribution in [0.2, 0.25) is 5.15 Å². The number of nitrogens with one attached hydrogen (secondary N) is 1. The SMILES string of the molecule is Cc1cccc([C@@H](N)Nc2nnc(C)c3cnc(Cl)cc23)c1F. The van der Waals surface area contributed by atoms with Crippen LogP contribution in [0, 0.1) is 19.7 Å². The van der Waals surface area contributed by atoms with E-state index in [9.17, 15) is 4.39 Å². The molecule has 0 spiro atoms. The van der Waals surface area contributed by atoms with Gasteiger partial charge in [0.05, 0.1) is 5.69 Å². The normalized spacial score (nSPS) is 12.4. The minimum absolute atomic E-state index is 0.336. The van der Waals surface area contributed by atoms with Crippen LogP contribution in [0.5, 0.6) is 0 Å². The summed E-state index contributed by atoms with van der Waals surface area (Å²) in [5.74, 6) is 0.0971. The molecule has 0 aliphatic heterocycles. The smallest absolute Gasteiger partial charge is 0.158 e. The quantitative estimate of drug-likeness (QED) is 0.567. The standard InChI is InChI=1S/C16H15ClFN5/c1-8-4-3-5-10(14(8)18)15(19)21-16-11-6-13(17)20-7-12(11)9(2)22-23-16/h3-7,15H,19H2,1-2H3,(H,21,23)/t15-/m0/s1. The van der Waals surface area contributed by atoms with Crippen molar-refractivity contribution in [2.24, 2.45) is 5.73 Å². The lowest BCUT2D eigenvalue weighted by Gasteiger charge is -2.17. The van der Waals surface area contributed by atoms with Crippen LogP contribution in [0.4, 0.5) is 10.2 Å². The number of anilines is 1. The molecule has 0 radical (unpaired) electrons. The Morgan fingerprint density at radius 1 is 1.22 bits per heavy atom. The molecule has 7 heteroatoms. The summed E-state index contributed by atoms with van der Waals surface area (Å²) in [6.07, 6.45) is 0.869. The van der Waals surface area contributed by atoms with E-state index in [0.29, 0.717) is 22.1 Å². The van der Waals surface area contributed by atoms with Crippen molar-refractivity contribution in [3.8, 4) is 0 Å². The summed E-state index contributed by atoms with van der Waals surface area (Å²) >= 11 is 5.96. The molecule has 0 saturated heterocycles. The molecule has 3 N–H and O–H groups in total. The lowest BCUT2D eigenvalue weighted by molar-refractivity contribution is 0.587. The third kappa shape index (κ3) is 2.95. The van der Waals surface area contributed by atoms with Gasteiger partial charge in [-0.25, -0.2) is 9.37 Å². The Balaban J connectivity index is 2.03. The summed E-state index contributed by atoms with van der Waals surface area (Å²) in [5.41, 5.74) is 7.72. The Hall–Kier alpha value is -2.31. The van der Waals surface area contributed by atoms with Gasteiger partial charge in [-0.15, -0.1) is 5.10 Å². The van der Waals surface area contributed by atoms with Crippen molar-refractivity contribution in [1.82, 2.24) is 15.2 Å². The lowest BCUT2D eigenvalue weighted by atomic mass is 10.1. The second kappa shape index (κ2) is 6.06. The largest absolute Gasteiger partial charge is 0.349 e. The lowest BCUT2D eigenvalue weighted by Crippen LogP contribution is -2.22. The van der Waals surface area contributed by atoms with E-state index in [1.807, 2.05) is 6.92 Å². The molecule has 0 aliphatic carbocycles. The molecule has 118 valence electrons. The monoisotopic (exact) mass is 331 g/mol. The highest BCUT2D eigenvalue weighted by Gasteiger charge is 2.16. The van der Waals surface area contributed by atoms with E-state index in [1.54, 1.807) is 37.4 Å². The van der Waals surface area contributed by atoms with Crippen molar-refractivity contribution in [3.05, 3.63) is 58.3 Å². The van der Waals surface area contributed by atoms with Crippen molar-refractivity contribution in [2.45, 2.75) is 20.0 Å². The number of aromatic nitrogens is 3. The van der Waals surface area contributed by atoms with Crippen LogP contribution < -0.4 is 11.1 Å². The number of fused-ring (bicyclic) bond motifs is 1. The van der Waals surface area contributed by atoms with Crippen molar-refractivity contribution in [2.75, 3.05) is 5.32 Å². The highest BCUT2D eigenvalue weighted by atomic mass is 35.5. The molecule has 2 heterocycles. The summed E-state index contributed by atoms with van der Waals surface area (Å²) in [5, 5.41) is 13.1. The molecule has 2 aromatic heterocycles. The van der Waals surface area contributed by atoms with Gasteiger partial charge in [0, 0.05) is 22.5 Å². The number of hydrogen-bond donors (Lipinski definition) is 2. The number of rotatable bonds is 3. The van der Waals surface area contributed by atoms with Crippen LogP contribution in [0.25, 0.3) is 10.8 Å². The molecular formula is C16H15ClFN5. The fraction of sp³-hybridized carbons (Fsp3) is 0.188. The minimum atomic E-state index is -0.762. The first kappa shape index (κ1) is 15.6. The number of pyridine rings is 1. The van der Waals surface area contributed by atoms with Crippen molar-refractivity contribution < 1.29 is 4.39 Å². The van der Waals surface area contributed by atoms with Gasteiger partial charge in [0.2, 0.25) is 0 Å². The number of benzene rings is 1. The predicted octanol–water partition coefficient (Wildman–Crippen LogP) is 3.50. The zero-order chi connectivity index (χ0) is 16.6. The third-order valence-corrected chi connectivity index (χ3v) is 3.87. The van der Waals surface area contributed by atoms with Gasteiger partial charge in [0.25, 0.3) is 0 Å². The van der Waals surface area contributed by atoms with Gasteiger partial charge in [-0.3, -0.25) is 0 Å². The van der Waals surface area contributed by atoms with Crippen LogP contribution in [0.3, 0.4) is 0 Å². The molecule has 0 saturated carbocycles. The van der Waals surface area contributed by atoms with Crippen molar-refractivity contribution in [3.63, 3.8) is 0 Å². The first-order valence-electron chi connectivity index (χ1n) is 7.03. The Morgan fingerprint density at radius 2 is 2.00 bits per heavy atom. The van der Waals surface area contributed by atoms with E-state index < -0.39 is 6.17 Å². The molecule has 0 unspecified atom stereocenters. The first-order chi connectivity index (χ1) is 11.0. The molecule has 1 atom stereocenters. The summed E-state index contributed by atoms with van der Waals surface area (Å²) < 4.78 is 14.2. The van der Waals surface area contributed by atoms with Gasteiger partial charge in [0.1, 0.15) is 17.1 Å². The molecule has 3 aromatic rings. The van der Waals surface area contributed by atoms with E-state index >= 15 is 0 Å². The average molecular weight is 332 g/mol. The minimum Gasteiger partial charge on any atom is -0.349 e. The average Bonchev–Trinajstić information content (AvgIpc) is 2.52. The fourth-order valence-electron chi connectivity index (χ4n) is 2.39. The van der Waals surface area contributed by atoms with Crippen molar-refractivity contribution >= 4 is 28.2 Å². The van der Waals surface area contributed by atoms with E-state index in [0.717, 1.165) is 16.5 Å². The number of nitrogens with zero attached hydrogens (tertiary/aromatic N) is 3. The predicted molar refractivity (Wildman–Crippen MR) is 88.8 cm³/mol. The molecule has 0 bridgehead atoms. The third-order valence-electron chi connectivity index (χ3n) is 3.66. The molecule has 23 heavy (non-hydrogen) atoms. The van der Waals surface area contributed by atoms with E-state index in [4.69, 9.17) is 17.3 Å². The number of aryl methyl sites for hydroxylation is 2. The van der Waals surface area contributed by atoms with E-state index in [2.05, 4.69) is 20.5 Å². The number of hydrogen-bond acceptors (Lipinski definition) is 5. The molecule has 1 aromatic carbocycles. The van der Waals surface area contributed by atoms with Crippen LogP contribution >= 0.6 is 11.6 Å². The molecule has 0 fully saturated rings. The first-order valence-corrected chi connectivity index (χ1v) is 7.41. The zero-order valence-electron chi connectivity index (χ0n) is 12.6. The molecule has 0 aliphatic rings. The number of nitrogens with two attached hydrogens (primary N) is 1. The van der Waals surface area contributed by atoms with Crippen LogP contribution in [-0.2, 0) is 0 Å². The Labute approximate surface area is 137 Å². The Morgan fingerprint density at radius 3 is 2.78 bits per heavy atom. The highest BCUT2D eigenvalue weighted by molar-refractivity contribution is 6.30. The van der Waals surface area contributed by atoms with E-state index in [1.165, 1.54) is 0 Å². The Bertz CT molecular complexity index is 884. The van der Waals surface area contributed by atoms with Crippen LogP contribution in [-0.4, -0.2) is 15.2 Å². The van der Waals surface area contributed by atoms with Gasteiger partial charge in [-0.2, -0.15) is 5.10 Å². The van der Waals surface area contributed by atoms with Gasteiger partial charge in [-0.1, -0.05) is 29.8 Å².